The minimum Gasteiger partial charge on any atom is -0.370 e. The van der Waals surface area contributed by atoms with Gasteiger partial charge in [0.25, 0.3) is 5.69 Å². The molecular formula is C13H19N3O3. The number of carbonyl (C=O) groups is 1. The second kappa shape index (κ2) is 5.79. The Morgan fingerprint density at radius 2 is 2.11 bits per heavy atom. The molecule has 0 spiro atoms. The molecule has 0 aliphatic rings. The van der Waals surface area contributed by atoms with E-state index in [0.29, 0.717) is 12.1 Å². The van der Waals surface area contributed by atoms with Crippen LogP contribution in [0, 0.1) is 17.0 Å². The number of nitro groups is 1. The molecule has 0 unspecified atom stereocenters. The summed E-state index contributed by atoms with van der Waals surface area (Å²) in [5.41, 5.74) is 6.31. The van der Waals surface area contributed by atoms with Gasteiger partial charge in [0.05, 0.1) is 4.92 Å². The van der Waals surface area contributed by atoms with Crippen LogP contribution in [0.3, 0.4) is 0 Å². The molecule has 6 nitrogen and oxygen atoms in total. The van der Waals surface area contributed by atoms with Crippen LogP contribution in [0.25, 0.3) is 0 Å². The van der Waals surface area contributed by atoms with Crippen molar-refractivity contribution >= 4 is 11.6 Å². The lowest BCUT2D eigenvalue weighted by Gasteiger charge is -2.25. The van der Waals surface area contributed by atoms with Crippen LogP contribution in [0.4, 0.5) is 5.69 Å². The second-order valence-corrected chi connectivity index (χ2v) is 5.20. The Morgan fingerprint density at radius 1 is 1.47 bits per heavy atom. The van der Waals surface area contributed by atoms with Gasteiger partial charge in [-0.05, 0) is 26.3 Å². The number of nitrogens with one attached hydrogen (secondary N) is 1. The van der Waals surface area contributed by atoms with Gasteiger partial charge in [0.2, 0.25) is 5.91 Å². The van der Waals surface area contributed by atoms with Crippen molar-refractivity contribution in [2.45, 2.75) is 39.3 Å². The summed E-state index contributed by atoms with van der Waals surface area (Å²) < 4.78 is 0. The van der Waals surface area contributed by atoms with Gasteiger partial charge in [0.15, 0.2) is 0 Å². The number of hydrogen-bond donors (Lipinski definition) is 2. The van der Waals surface area contributed by atoms with Crippen LogP contribution in [0.2, 0.25) is 0 Å². The van der Waals surface area contributed by atoms with Gasteiger partial charge in [-0.25, -0.2) is 0 Å². The van der Waals surface area contributed by atoms with E-state index < -0.39 is 10.5 Å². The van der Waals surface area contributed by atoms with Crippen LogP contribution in [0.1, 0.15) is 31.4 Å². The lowest BCUT2D eigenvalue weighted by molar-refractivity contribution is -0.385. The maximum absolute atomic E-state index is 10.9. The van der Waals surface area contributed by atoms with Gasteiger partial charge < -0.3 is 11.1 Å². The predicted octanol–water partition coefficient (Wildman–Crippen LogP) is 1.65. The van der Waals surface area contributed by atoms with Gasteiger partial charge in [-0.15, -0.1) is 0 Å². The molecule has 0 aliphatic carbocycles. The Labute approximate surface area is 112 Å². The first-order valence-electron chi connectivity index (χ1n) is 5.99. The number of nitrogens with two attached hydrogens (primary N) is 1. The van der Waals surface area contributed by atoms with Crippen LogP contribution in [-0.2, 0) is 11.3 Å². The number of nitro benzene ring substituents is 1. The zero-order valence-electron chi connectivity index (χ0n) is 11.4. The van der Waals surface area contributed by atoms with Gasteiger partial charge in [0.1, 0.15) is 0 Å². The largest absolute Gasteiger partial charge is 0.370 e. The molecule has 1 aromatic rings. The van der Waals surface area contributed by atoms with Gasteiger partial charge in [-0.1, -0.05) is 12.1 Å². The molecule has 0 atom stereocenters. The maximum Gasteiger partial charge on any atom is 0.272 e. The molecule has 3 N–H and O–H groups in total. The van der Waals surface area contributed by atoms with Crippen LogP contribution >= 0.6 is 0 Å². The third-order valence-corrected chi connectivity index (χ3v) is 2.99. The molecule has 0 aromatic heterocycles. The summed E-state index contributed by atoms with van der Waals surface area (Å²) in [7, 11) is 0. The minimum absolute atomic E-state index is 0.104. The van der Waals surface area contributed by atoms with E-state index in [-0.39, 0.29) is 18.0 Å². The molecule has 0 saturated heterocycles. The van der Waals surface area contributed by atoms with Crippen molar-refractivity contribution in [3.8, 4) is 0 Å². The lowest BCUT2D eigenvalue weighted by Crippen LogP contribution is -2.42. The molecule has 6 heteroatoms. The van der Waals surface area contributed by atoms with E-state index in [4.69, 9.17) is 5.73 Å². The fourth-order valence-electron chi connectivity index (χ4n) is 1.89. The molecule has 1 aromatic carbocycles. The number of nitrogens with zero attached hydrogens (tertiary/aromatic N) is 1. The molecule has 19 heavy (non-hydrogen) atoms. The van der Waals surface area contributed by atoms with Crippen molar-refractivity contribution in [2.24, 2.45) is 5.73 Å². The number of hydrogen-bond acceptors (Lipinski definition) is 4. The Balaban J connectivity index is 2.81. The third-order valence-electron chi connectivity index (χ3n) is 2.99. The Hall–Kier alpha value is -1.95. The summed E-state index contributed by atoms with van der Waals surface area (Å²) in [6, 6.07) is 4.96. The molecule has 0 bridgehead atoms. The van der Waals surface area contributed by atoms with Crippen molar-refractivity contribution in [3.63, 3.8) is 0 Å². The highest BCUT2D eigenvalue weighted by Crippen LogP contribution is 2.21. The summed E-state index contributed by atoms with van der Waals surface area (Å²) in [5.74, 6) is -0.381. The van der Waals surface area contributed by atoms with Gasteiger partial charge in [-0.3, -0.25) is 14.9 Å². The van der Waals surface area contributed by atoms with Crippen molar-refractivity contribution in [3.05, 3.63) is 39.4 Å². The first-order chi connectivity index (χ1) is 8.73. The fraction of sp³-hybridized carbons (Fsp3) is 0.462. The Kier molecular flexibility index (Phi) is 4.61. The van der Waals surface area contributed by atoms with E-state index in [0.717, 1.165) is 5.56 Å². The minimum atomic E-state index is -0.442. The summed E-state index contributed by atoms with van der Waals surface area (Å²) in [6.45, 7) is 5.90. The second-order valence-electron chi connectivity index (χ2n) is 5.20. The van der Waals surface area contributed by atoms with E-state index >= 15 is 0 Å². The zero-order valence-corrected chi connectivity index (χ0v) is 11.4. The van der Waals surface area contributed by atoms with E-state index in [1.165, 1.54) is 6.07 Å². The van der Waals surface area contributed by atoms with E-state index in [2.05, 4.69) is 5.32 Å². The van der Waals surface area contributed by atoms with Crippen molar-refractivity contribution in [2.75, 3.05) is 0 Å². The molecule has 0 aliphatic heterocycles. The highest BCUT2D eigenvalue weighted by Gasteiger charge is 2.21. The summed E-state index contributed by atoms with van der Waals surface area (Å²) >= 11 is 0. The molecule has 0 heterocycles. The summed E-state index contributed by atoms with van der Waals surface area (Å²) in [6.07, 6.45) is 0.209. The first-order valence-corrected chi connectivity index (χ1v) is 5.99. The number of rotatable bonds is 6. The predicted molar refractivity (Wildman–Crippen MR) is 72.6 cm³/mol. The number of primary amides is 1. The normalized spacial score (nSPS) is 11.3. The van der Waals surface area contributed by atoms with Crippen LogP contribution in [0.15, 0.2) is 18.2 Å². The topological polar surface area (TPSA) is 98.3 Å². The molecule has 1 amide bonds. The van der Waals surface area contributed by atoms with Crippen molar-refractivity contribution < 1.29 is 9.72 Å². The third kappa shape index (κ3) is 4.33. The SMILES string of the molecule is Cc1c(CNC(C)(C)CC(N)=O)cccc1[N+](=O)[O-]. The average Bonchev–Trinajstić information content (AvgIpc) is 2.25. The van der Waals surface area contributed by atoms with E-state index in [1.54, 1.807) is 13.0 Å². The van der Waals surface area contributed by atoms with E-state index in [9.17, 15) is 14.9 Å². The van der Waals surface area contributed by atoms with Crippen molar-refractivity contribution in [1.29, 1.82) is 0 Å². The van der Waals surface area contributed by atoms with Gasteiger partial charge in [0, 0.05) is 30.1 Å². The van der Waals surface area contributed by atoms with Crippen molar-refractivity contribution in [1.82, 2.24) is 5.32 Å². The van der Waals surface area contributed by atoms with Crippen LogP contribution < -0.4 is 11.1 Å². The smallest absolute Gasteiger partial charge is 0.272 e. The quantitative estimate of drug-likeness (QED) is 0.603. The zero-order chi connectivity index (χ0) is 14.6. The molecule has 1 rings (SSSR count). The monoisotopic (exact) mass is 265 g/mol. The van der Waals surface area contributed by atoms with Gasteiger partial charge >= 0.3 is 0 Å². The standard InChI is InChI=1S/C13H19N3O3/c1-9-10(5-4-6-11(9)16(18)19)8-15-13(2,3)7-12(14)17/h4-6,15H,7-8H2,1-3H3,(H2,14,17). The highest BCUT2D eigenvalue weighted by molar-refractivity contribution is 5.75. The summed E-state index contributed by atoms with van der Waals surface area (Å²) in [4.78, 5) is 21.4. The molecule has 0 radical (unpaired) electrons. The molecule has 0 saturated carbocycles. The highest BCUT2D eigenvalue weighted by atomic mass is 16.6. The number of benzene rings is 1. The number of amides is 1. The fourth-order valence-corrected chi connectivity index (χ4v) is 1.89. The molecular weight excluding hydrogens is 246 g/mol. The number of carbonyl (C=O) groups excluding carboxylic acids is 1. The van der Waals surface area contributed by atoms with E-state index in [1.807, 2.05) is 19.9 Å². The Bertz CT molecular complexity index is 498. The first kappa shape index (κ1) is 15.1. The summed E-state index contributed by atoms with van der Waals surface area (Å²) in [5, 5.41) is 14.0. The maximum atomic E-state index is 10.9. The molecule has 0 fully saturated rings. The lowest BCUT2D eigenvalue weighted by atomic mass is 9.99. The van der Waals surface area contributed by atoms with Crippen LogP contribution in [-0.4, -0.2) is 16.4 Å². The average molecular weight is 265 g/mol. The van der Waals surface area contributed by atoms with Gasteiger partial charge in [-0.2, -0.15) is 0 Å². The van der Waals surface area contributed by atoms with Crippen LogP contribution in [0.5, 0.6) is 0 Å². The molecule has 104 valence electrons. The Morgan fingerprint density at radius 3 is 2.63 bits per heavy atom.